The Morgan fingerprint density at radius 3 is 2.96 bits per heavy atom. The summed E-state index contributed by atoms with van der Waals surface area (Å²) in [6, 6.07) is 4.59. The highest BCUT2D eigenvalue weighted by Crippen LogP contribution is 2.38. The number of ether oxygens (including phenoxy) is 3. The van der Waals surface area contributed by atoms with E-state index in [0.29, 0.717) is 42.5 Å². The van der Waals surface area contributed by atoms with Gasteiger partial charge in [0.25, 0.3) is 5.91 Å². The zero-order valence-electron chi connectivity index (χ0n) is 13.1. The Morgan fingerprint density at radius 1 is 1.29 bits per heavy atom. The number of methoxy groups -OCH3 is 1. The molecule has 3 aliphatic rings. The molecule has 0 unspecified atom stereocenters. The highest BCUT2D eigenvalue weighted by molar-refractivity contribution is 6.01. The Kier molecular flexibility index (Phi) is 3.53. The Balaban J connectivity index is 1.66. The average molecular weight is 331 g/mol. The lowest BCUT2D eigenvalue weighted by Gasteiger charge is -2.25. The van der Waals surface area contributed by atoms with Crippen LogP contribution in [0.25, 0.3) is 0 Å². The number of amides is 3. The van der Waals surface area contributed by atoms with Crippen LogP contribution < -0.4 is 20.1 Å². The molecule has 0 spiro atoms. The zero-order valence-corrected chi connectivity index (χ0v) is 13.1. The molecule has 8 heteroatoms. The lowest BCUT2D eigenvalue weighted by Crippen LogP contribution is -2.44. The number of fused-ring (bicyclic) bond motifs is 1. The molecule has 24 heavy (non-hydrogen) atoms. The number of rotatable bonds is 4. The van der Waals surface area contributed by atoms with Gasteiger partial charge in [-0.25, -0.2) is 4.79 Å². The third-order valence-corrected chi connectivity index (χ3v) is 4.32. The van der Waals surface area contributed by atoms with Crippen LogP contribution in [0.1, 0.15) is 11.6 Å². The van der Waals surface area contributed by atoms with Crippen molar-refractivity contribution in [3.8, 4) is 11.5 Å². The van der Waals surface area contributed by atoms with E-state index in [1.54, 1.807) is 24.1 Å². The molecule has 2 N–H and O–H groups in total. The van der Waals surface area contributed by atoms with Gasteiger partial charge in [-0.2, -0.15) is 0 Å². The lowest BCUT2D eigenvalue weighted by molar-refractivity contribution is -0.126. The van der Waals surface area contributed by atoms with Gasteiger partial charge in [0.05, 0.1) is 30.5 Å². The van der Waals surface area contributed by atoms with Gasteiger partial charge in [-0.1, -0.05) is 6.07 Å². The summed E-state index contributed by atoms with van der Waals surface area (Å²) in [5.74, 6) is 1.18. The van der Waals surface area contributed by atoms with E-state index in [-0.39, 0.29) is 18.7 Å². The summed E-state index contributed by atoms with van der Waals surface area (Å²) >= 11 is 0. The molecular formula is C16H17N3O5. The predicted octanol–water partition coefficient (Wildman–Crippen LogP) is 0.512. The maximum Gasteiger partial charge on any atom is 0.319 e. The van der Waals surface area contributed by atoms with Crippen molar-refractivity contribution < 1.29 is 23.8 Å². The second-order valence-corrected chi connectivity index (χ2v) is 5.76. The van der Waals surface area contributed by atoms with Gasteiger partial charge in [0.2, 0.25) is 6.79 Å². The minimum Gasteiger partial charge on any atom is -0.454 e. The summed E-state index contributed by atoms with van der Waals surface area (Å²) in [6.45, 7) is 1.48. The third kappa shape index (κ3) is 2.35. The lowest BCUT2D eigenvalue weighted by atomic mass is 9.96. The first-order valence-electron chi connectivity index (χ1n) is 7.65. The van der Waals surface area contributed by atoms with Crippen LogP contribution in [0.2, 0.25) is 0 Å². The van der Waals surface area contributed by atoms with Crippen LogP contribution in [0.15, 0.2) is 29.5 Å². The van der Waals surface area contributed by atoms with Gasteiger partial charge >= 0.3 is 6.03 Å². The van der Waals surface area contributed by atoms with Crippen LogP contribution in [0, 0.1) is 0 Å². The summed E-state index contributed by atoms with van der Waals surface area (Å²) in [5, 5.41) is 5.56. The van der Waals surface area contributed by atoms with E-state index in [1.165, 1.54) is 0 Å². The standard InChI is InChI=1S/C16H17N3O5/c1-22-5-4-19-7-10-13(15(19)20)14(18-16(21)17-10)9-2-3-11-12(6-9)24-8-23-11/h2-3,6,14H,4-5,7-8H2,1H3,(H2,17,18,21)/t14-/m1/s1. The van der Waals surface area contributed by atoms with Gasteiger partial charge in [-0.15, -0.1) is 0 Å². The van der Waals surface area contributed by atoms with E-state index in [1.807, 2.05) is 6.07 Å². The number of carbonyl (C=O) groups is 2. The van der Waals surface area contributed by atoms with E-state index >= 15 is 0 Å². The molecule has 3 heterocycles. The van der Waals surface area contributed by atoms with Crippen LogP contribution in [0.4, 0.5) is 4.79 Å². The molecule has 0 fully saturated rings. The molecule has 3 amide bonds. The highest BCUT2D eigenvalue weighted by Gasteiger charge is 2.40. The summed E-state index contributed by atoms with van der Waals surface area (Å²) in [4.78, 5) is 26.4. The van der Waals surface area contributed by atoms with Crippen LogP contribution in [0.3, 0.4) is 0 Å². The normalized spacial score (nSPS) is 21.7. The fraction of sp³-hybridized carbons (Fsp3) is 0.375. The Hall–Kier alpha value is -2.74. The second kappa shape index (κ2) is 5.72. The highest BCUT2D eigenvalue weighted by atomic mass is 16.7. The number of nitrogens with one attached hydrogen (secondary N) is 2. The number of hydrogen-bond donors (Lipinski definition) is 2. The van der Waals surface area contributed by atoms with Crippen molar-refractivity contribution in [1.82, 2.24) is 15.5 Å². The maximum absolute atomic E-state index is 12.7. The van der Waals surface area contributed by atoms with Crippen LogP contribution in [-0.2, 0) is 9.53 Å². The van der Waals surface area contributed by atoms with E-state index in [9.17, 15) is 9.59 Å². The van der Waals surface area contributed by atoms with E-state index < -0.39 is 6.04 Å². The summed E-state index contributed by atoms with van der Waals surface area (Å²) in [6.07, 6.45) is 0. The minimum atomic E-state index is -0.511. The largest absolute Gasteiger partial charge is 0.454 e. The summed E-state index contributed by atoms with van der Waals surface area (Å²) < 4.78 is 15.7. The Labute approximate surface area is 138 Å². The summed E-state index contributed by atoms with van der Waals surface area (Å²) in [5.41, 5.74) is 1.98. The topological polar surface area (TPSA) is 89.1 Å². The van der Waals surface area contributed by atoms with Crippen molar-refractivity contribution in [1.29, 1.82) is 0 Å². The van der Waals surface area contributed by atoms with Crippen LogP contribution in [0.5, 0.6) is 11.5 Å². The maximum atomic E-state index is 12.7. The fourth-order valence-electron chi connectivity index (χ4n) is 3.15. The SMILES string of the molecule is COCCN1CC2=C(C1=O)[C@@H](c1ccc3c(c1)OCO3)NC(=O)N2. The van der Waals surface area contributed by atoms with Gasteiger partial charge in [-0.3, -0.25) is 4.79 Å². The van der Waals surface area contributed by atoms with Gasteiger partial charge in [0.15, 0.2) is 11.5 Å². The summed E-state index contributed by atoms with van der Waals surface area (Å²) in [7, 11) is 1.59. The van der Waals surface area contributed by atoms with Gasteiger partial charge in [0.1, 0.15) is 0 Å². The van der Waals surface area contributed by atoms with E-state index in [0.717, 1.165) is 5.56 Å². The monoisotopic (exact) mass is 331 g/mol. The molecule has 0 aromatic heterocycles. The number of hydrogen-bond acceptors (Lipinski definition) is 5. The second-order valence-electron chi connectivity index (χ2n) is 5.76. The first kappa shape index (κ1) is 14.8. The molecule has 0 bridgehead atoms. The molecule has 126 valence electrons. The number of carbonyl (C=O) groups excluding carboxylic acids is 2. The van der Waals surface area contributed by atoms with E-state index in [2.05, 4.69) is 10.6 Å². The predicted molar refractivity (Wildman–Crippen MR) is 82.5 cm³/mol. The van der Waals surface area contributed by atoms with Crippen molar-refractivity contribution in [3.05, 3.63) is 35.0 Å². The van der Waals surface area contributed by atoms with Crippen molar-refractivity contribution in [2.24, 2.45) is 0 Å². The average Bonchev–Trinajstić information content (AvgIpc) is 3.16. The molecule has 0 saturated heterocycles. The van der Waals surface area contributed by atoms with E-state index in [4.69, 9.17) is 14.2 Å². The first-order valence-corrected chi connectivity index (χ1v) is 7.65. The molecule has 0 saturated carbocycles. The van der Waals surface area contributed by atoms with Gasteiger partial charge in [0, 0.05) is 13.7 Å². The number of urea groups is 1. The Morgan fingerprint density at radius 2 is 2.12 bits per heavy atom. The molecule has 8 nitrogen and oxygen atoms in total. The van der Waals surface area contributed by atoms with Crippen LogP contribution >= 0.6 is 0 Å². The van der Waals surface area contributed by atoms with Crippen molar-refractivity contribution in [3.63, 3.8) is 0 Å². The number of benzene rings is 1. The molecule has 3 aliphatic heterocycles. The number of nitrogens with zero attached hydrogens (tertiary/aromatic N) is 1. The molecule has 4 rings (SSSR count). The third-order valence-electron chi connectivity index (χ3n) is 4.32. The smallest absolute Gasteiger partial charge is 0.319 e. The Bertz CT molecular complexity index is 745. The molecule has 0 aliphatic carbocycles. The molecule has 1 atom stereocenters. The zero-order chi connectivity index (χ0) is 16.7. The quantitative estimate of drug-likeness (QED) is 0.839. The van der Waals surface area contributed by atoms with Crippen LogP contribution in [-0.4, -0.2) is 50.4 Å². The van der Waals surface area contributed by atoms with Gasteiger partial charge in [-0.05, 0) is 17.7 Å². The minimum absolute atomic E-state index is 0.0998. The first-order chi connectivity index (χ1) is 11.7. The molecule has 1 aromatic rings. The van der Waals surface area contributed by atoms with Crippen molar-refractivity contribution >= 4 is 11.9 Å². The molecule has 1 aromatic carbocycles. The van der Waals surface area contributed by atoms with Gasteiger partial charge < -0.3 is 29.7 Å². The van der Waals surface area contributed by atoms with Crippen molar-refractivity contribution in [2.75, 3.05) is 33.6 Å². The fourth-order valence-corrected chi connectivity index (χ4v) is 3.15. The van der Waals surface area contributed by atoms with Crippen molar-refractivity contribution in [2.45, 2.75) is 6.04 Å². The molecular weight excluding hydrogens is 314 g/mol. The molecule has 0 radical (unpaired) electrons.